The van der Waals surface area contributed by atoms with Crippen molar-refractivity contribution in [1.29, 1.82) is 0 Å². The molecule has 45 heavy (non-hydrogen) atoms. The summed E-state index contributed by atoms with van der Waals surface area (Å²) >= 11 is 5.99. The highest BCUT2D eigenvalue weighted by atomic mass is 35.5. The van der Waals surface area contributed by atoms with Crippen molar-refractivity contribution in [3.05, 3.63) is 155 Å². The Morgan fingerprint density at radius 3 is 2.02 bits per heavy atom. The predicted octanol–water partition coefficient (Wildman–Crippen LogP) is 5.81. The molecule has 232 valence electrons. The number of fused-ring (bicyclic) bond motifs is 2. The van der Waals surface area contributed by atoms with Gasteiger partial charge in [0.15, 0.2) is 18.9 Å². The fourth-order valence-electron chi connectivity index (χ4n) is 7.10. The summed E-state index contributed by atoms with van der Waals surface area (Å²) in [6.45, 7) is 10.2. The van der Waals surface area contributed by atoms with Gasteiger partial charge in [0.05, 0.1) is 6.04 Å². The molecule has 3 nitrogen and oxygen atoms in total. The van der Waals surface area contributed by atoms with Gasteiger partial charge >= 0.3 is 0 Å². The third-order valence-corrected chi connectivity index (χ3v) is 10.0. The molecule has 4 aromatic rings. The SMILES string of the molecule is CN1/C(=C/C=C(/C=C/[C@@H]2N(C)c3ccccc3C2(C)C)c2cc[n+](Cc3ccc(CCl)cc3)cc2)C(C)(C)c2ccccc21.[Cl-]. The Balaban J connectivity index is 0.00000400. The van der Waals surface area contributed by atoms with Crippen LogP contribution in [0.25, 0.3) is 5.57 Å². The zero-order valence-corrected chi connectivity index (χ0v) is 28.6. The number of likely N-dealkylation sites (N-methyl/N-ethyl adjacent to an activating group) is 2. The molecule has 0 bridgehead atoms. The fourth-order valence-corrected chi connectivity index (χ4v) is 7.28. The van der Waals surface area contributed by atoms with Crippen molar-refractivity contribution in [3.63, 3.8) is 0 Å². The summed E-state index contributed by atoms with van der Waals surface area (Å²) in [7, 11) is 4.40. The maximum Gasteiger partial charge on any atom is 0.173 e. The lowest BCUT2D eigenvalue weighted by Crippen LogP contribution is -3.00. The van der Waals surface area contributed by atoms with Crippen molar-refractivity contribution in [2.75, 3.05) is 23.9 Å². The fraction of sp³-hybridized carbons (Fsp3) is 0.275. The minimum Gasteiger partial charge on any atom is -1.00 e. The predicted molar refractivity (Wildman–Crippen MR) is 186 cm³/mol. The van der Waals surface area contributed by atoms with Gasteiger partial charge in [-0.2, -0.15) is 0 Å². The van der Waals surface area contributed by atoms with E-state index >= 15 is 0 Å². The third-order valence-electron chi connectivity index (χ3n) is 9.72. The normalized spacial score (nSPS) is 19.1. The summed E-state index contributed by atoms with van der Waals surface area (Å²) in [5.41, 5.74) is 11.4. The Morgan fingerprint density at radius 2 is 1.40 bits per heavy atom. The van der Waals surface area contributed by atoms with Crippen molar-refractivity contribution in [2.24, 2.45) is 0 Å². The van der Waals surface area contributed by atoms with Crippen LogP contribution in [0, 0.1) is 0 Å². The van der Waals surface area contributed by atoms with Gasteiger partial charge in [-0.05, 0) is 46.0 Å². The minimum absolute atomic E-state index is 0. The van der Waals surface area contributed by atoms with E-state index in [1.807, 2.05) is 0 Å². The number of hydrogen-bond donors (Lipinski definition) is 0. The van der Waals surface area contributed by atoms with Crippen LogP contribution in [0.2, 0.25) is 0 Å². The van der Waals surface area contributed by atoms with Crippen LogP contribution in [-0.4, -0.2) is 20.1 Å². The lowest BCUT2D eigenvalue weighted by atomic mass is 9.80. The van der Waals surface area contributed by atoms with Gasteiger partial charge < -0.3 is 22.2 Å². The molecule has 0 amide bonds. The van der Waals surface area contributed by atoms with E-state index in [1.54, 1.807) is 0 Å². The maximum atomic E-state index is 5.99. The van der Waals surface area contributed by atoms with Crippen molar-refractivity contribution in [1.82, 2.24) is 0 Å². The molecule has 0 radical (unpaired) electrons. The molecule has 0 unspecified atom stereocenters. The lowest BCUT2D eigenvalue weighted by Gasteiger charge is -2.29. The van der Waals surface area contributed by atoms with E-state index in [0.717, 1.165) is 12.1 Å². The first-order chi connectivity index (χ1) is 21.1. The largest absolute Gasteiger partial charge is 1.00 e. The van der Waals surface area contributed by atoms with Crippen LogP contribution in [0.5, 0.6) is 0 Å². The van der Waals surface area contributed by atoms with E-state index in [1.165, 1.54) is 44.9 Å². The first-order valence-corrected chi connectivity index (χ1v) is 16.0. The second-order valence-electron chi connectivity index (χ2n) is 13.2. The van der Waals surface area contributed by atoms with Gasteiger partial charge in [-0.15, -0.1) is 11.6 Å². The zero-order valence-electron chi connectivity index (χ0n) is 27.1. The summed E-state index contributed by atoms with van der Waals surface area (Å²) in [5, 5.41) is 0. The van der Waals surface area contributed by atoms with Gasteiger partial charge in [-0.1, -0.05) is 107 Å². The second kappa shape index (κ2) is 12.9. The number of nitrogens with zero attached hydrogens (tertiary/aromatic N) is 3. The van der Waals surface area contributed by atoms with Gasteiger partial charge in [0, 0.05) is 65.6 Å². The summed E-state index contributed by atoms with van der Waals surface area (Å²) in [5.74, 6) is 0.542. The molecule has 0 spiro atoms. The van der Waals surface area contributed by atoms with Crippen LogP contribution in [0.1, 0.15) is 55.5 Å². The Kier molecular flexibility index (Phi) is 9.35. The summed E-state index contributed by atoms with van der Waals surface area (Å²) in [4.78, 5) is 4.76. The Bertz CT molecular complexity index is 1750. The average Bonchev–Trinajstić information content (AvgIpc) is 3.35. The van der Waals surface area contributed by atoms with E-state index in [-0.39, 0.29) is 29.3 Å². The molecule has 6 rings (SSSR count). The summed E-state index contributed by atoms with van der Waals surface area (Å²) in [6.07, 6.45) is 13.7. The van der Waals surface area contributed by atoms with Crippen molar-refractivity contribution in [2.45, 2.75) is 57.0 Å². The molecule has 0 saturated carbocycles. The number of halogens is 2. The lowest BCUT2D eigenvalue weighted by molar-refractivity contribution is -0.688. The molecule has 2 aliphatic heterocycles. The monoisotopic (exact) mass is 635 g/mol. The molecular weight excluding hydrogens is 593 g/mol. The number of anilines is 2. The number of para-hydroxylation sites is 2. The van der Waals surface area contributed by atoms with E-state index in [0.29, 0.717) is 5.88 Å². The van der Waals surface area contributed by atoms with Crippen molar-refractivity contribution in [3.8, 4) is 0 Å². The standard InChI is InChI=1S/C40H43ClN3.ClH/c1-39(2)33-11-7-9-13-35(33)42(5)37(39)21-19-31(20-22-38-40(3,4)34-12-8-10-14-36(34)43(38)6)32-23-25-44(26-24-32)28-30-17-15-29(27-41)16-18-30;/h7-26,37H,27-28H2,1-6H3;1H/q+1;/p-1/b21-19+;/t37-;/m0./s1. The van der Waals surface area contributed by atoms with Gasteiger partial charge in [0.25, 0.3) is 0 Å². The van der Waals surface area contributed by atoms with E-state index < -0.39 is 0 Å². The summed E-state index contributed by atoms with van der Waals surface area (Å²) < 4.78 is 2.23. The summed E-state index contributed by atoms with van der Waals surface area (Å²) in [6, 6.07) is 30.8. The third kappa shape index (κ3) is 6.09. The molecular formula is C40H43Cl2N3. The van der Waals surface area contributed by atoms with Crippen LogP contribution in [0.3, 0.4) is 0 Å². The number of rotatable bonds is 7. The number of aromatic nitrogens is 1. The Morgan fingerprint density at radius 1 is 0.800 bits per heavy atom. The van der Waals surface area contributed by atoms with Crippen LogP contribution in [0.15, 0.2) is 127 Å². The maximum absolute atomic E-state index is 5.99. The quantitative estimate of drug-likeness (QED) is 0.144. The molecule has 5 heteroatoms. The van der Waals surface area contributed by atoms with Crippen LogP contribution in [-0.2, 0) is 23.3 Å². The first-order valence-electron chi connectivity index (χ1n) is 15.5. The number of benzene rings is 3. The number of alkyl halides is 1. The molecule has 0 aliphatic carbocycles. The highest BCUT2D eigenvalue weighted by Gasteiger charge is 2.41. The van der Waals surface area contributed by atoms with Gasteiger partial charge in [-0.3, -0.25) is 0 Å². The van der Waals surface area contributed by atoms with Gasteiger partial charge in [0.1, 0.15) is 0 Å². The molecule has 0 fully saturated rings. The minimum atomic E-state index is -0.0787. The van der Waals surface area contributed by atoms with Gasteiger partial charge in [-0.25, -0.2) is 4.57 Å². The van der Waals surface area contributed by atoms with E-state index in [2.05, 4.69) is 178 Å². The van der Waals surface area contributed by atoms with E-state index in [9.17, 15) is 0 Å². The van der Waals surface area contributed by atoms with Crippen LogP contribution < -0.4 is 26.8 Å². The van der Waals surface area contributed by atoms with Crippen LogP contribution >= 0.6 is 11.6 Å². The van der Waals surface area contributed by atoms with Gasteiger partial charge in [0.2, 0.25) is 0 Å². The molecule has 1 aromatic heterocycles. The number of allylic oxidation sites excluding steroid dienone is 5. The highest BCUT2D eigenvalue weighted by molar-refractivity contribution is 6.17. The number of hydrogen-bond acceptors (Lipinski definition) is 2. The first kappa shape index (κ1) is 32.6. The number of pyridine rings is 1. The molecule has 2 aliphatic rings. The zero-order chi connectivity index (χ0) is 31.1. The molecule has 0 saturated heterocycles. The molecule has 3 aromatic carbocycles. The second-order valence-corrected chi connectivity index (χ2v) is 13.5. The molecule has 1 atom stereocenters. The van der Waals surface area contributed by atoms with Crippen LogP contribution in [0.4, 0.5) is 11.4 Å². The Hall–Kier alpha value is -3.79. The van der Waals surface area contributed by atoms with Crippen molar-refractivity contribution >= 4 is 28.5 Å². The topological polar surface area (TPSA) is 10.4 Å². The molecule has 0 N–H and O–H groups in total. The molecule has 3 heterocycles. The van der Waals surface area contributed by atoms with E-state index in [4.69, 9.17) is 11.6 Å². The Labute approximate surface area is 280 Å². The smallest absolute Gasteiger partial charge is 0.173 e. The van der Waals surface area contributed by atoms with Crippen molar-refractivity contribution < 1.29 is 17.0 Å². The highest BCUT2D eigenvalue weighted by Crippen LogP contribution is 2.47. The average molecular weight is 637 g/mol.